The molecular formula is C8H19NV. The van der Waals surface area contributed by atoms with E-state index in [1.807, 2.05) is 13.8 Å². The predicted molar refractivity (Wildman–Crippen MR) is 44.1 cm³/mol. The molecule has 0 amide bonds. The Bertz CT molecular complexity index is 71.7. The maximum Gasteiger partial charge on any atom is 0.00361 e. The van der Waals surface area contributed by atoms with E-state index in [0.29, 0.717) is 5.92 Å². The van der Waals surface area contributed by atoms with Gasteiger partial charge in [0, 0.05) is 24.3 Å². The number of hydrogen-bond donors (Lipinski definition) is 1. The molecule has 0 unspecified atom stereocenters. The maximum absolute atomic E-state index is 5.35. The van der Waals surface area contributed by atoms with Crippen molar-refractivity contribution in [3.05, 3.63) is 12.3 Å². The van der Waals surface area contributed by atoms with Crippen molar-refractivity contribution < 1.29 is 18.6 Å². The van der Waals surface area contributed by atoms with Crippen molar-refractivity contribution in [2.45, 2.75) is 34.1 Å². The SMILES string of the molecule is C=C(N)[C@@H](C)CC.CC.[V]. The summed E-state index contributed by atoms with van der Waals surface area (Å²) in [4.78, 5) is 0. The molecule has 0 aliphatic rings. The van der Waals surface area contributed by atoms with Gasteiger partial charge in [-0.25, -0.2) is 0 Å². The Morgan fingerprint density at radius 3 is 1.80 bits per heavy atom. The summed E-state index contributed by atoms with van der Waals surface area (Å²) >= 11 is 0. The van der Waals surface area contributed by atoms with Crippen LogP contribution in [0.25, 0.3) is 0 Å². The summed E-state index contributed by atoms with van der Waals surface area (Å²) < 4.78 is 0. The van der Waals surface area contributed by atoms with Gasteiger partial charge < -0.3 is 5.73 Å². The minimum absolute atomic E-state index is 0. The van der Waals surface area contributed by atoms with Crippen molar-refractivity contribution in [1.29, 1.82) is 0 Å². The summed E-state index contributed by atoms with van der Waals surface area (Å²) in [5, 5.41) is 0. The van der Waals surface area contributed by atoms with Crippen LogP contribution in [-0.4, -0.2) is 0 Å². The van der Waals surface area contributed by atoms with E-state index in [1.54, 1.807) is 0 Å². The Hall–Kier alpha value is 0.124. The van der Waals surface area contributed by atoms with Crippen molar-refractivity contribution in [3.63, 3.8) is 0 Å². The van der Waals surface area contributed by atoms with Gasteiger partial charge in [-0.05, 0) is 12.3 Å². The third-order valence-corrected chi connectivity index (χ3v) is 1.25. The van der Waals surface area contributed by atoms with Crippen LogP contribution in [0.3, 0.4) is 0 Å². The molecule has 2 heteroatoms. The van der Waals surface area contributed by atoms with E-state index in [1.165, 1.54) is 0 Å². The smallest absolute Gasteiger partial charge is 0.00361 e. The first-order chi connectivity index (χ1) is 4.18. The zero-order valence-electron chi connectivity index (χ0n) is 7.52. The van der Waals surface area contributed by atoms with Crippen molar-refractivity contribution in [1.82, 2.24) is 0 Å². The van der Waals surface area contributed by atoms with Crippen molar-refractivity contribution in [2.75, 3.05) is 0 Å². The van der Waals surface area contributed by atoms with E-state index in [0.717, 1.165) is 12.1 Å². The minimum Gasteiger partial charge on any atom is -0.402 e. The van der Waals surface area contributed by atoms with Crippen molar-refractivity contribution in [3.8, 4) is 0 Å². The standard InChI is InChI=1S/C6H13N.C2H6.V/c1-4-5(2)6(3)7;1-2;/h5H,3-4,7H2,1-2H3;1-2H3;/t5-;;/m0../s1. The van der Waals surface area contributed by atoms with Crippen LogP contribution in [0, 0.1) is 5.92 Å². The van der Waals surface area contributed by atoms with Crippen LogP contribution in [0.1, 0.15) is 34.1 Å². The van der Waals surface area contributed by atoms with Gasteiger partial charge in [-0.1, -0.05) is 34.3 Å². The quantitative estimate of drug-likeness (QED) is 0.694. The summed E-state index contributed by atoms with van der Waals surface area (Å²) in [6.07, 6.45) is 1.09. The Balaban J connectivity index is -0.000000149. The summed E-state index contributed by atoms with van der Waals surface area (Å²) in [5.74, 6) is 0.486. The molecule has 1 nitrogen and oxygen atoms in total. The molecule has 0 saturated heterocycles. The van der Waals surface area contributed by atoms with E-state index in [2.05, 4.69) is 20.4 Å². The van der Waals surface area contributed by atoms with Gasteiger partial charge in [0.1, 0.15) is 0 Å². The second-order valence-electron chi connectivity index (χ2n) is 1.88. The van der Waals surface area contributed by atoms with Crippen LogP contribution in [0.4, 0.5) is 0 Å². The summed E-state index contributed by atoms with van der Waals surface area (Å²) in [6.45, 7) is 11.8. The molecule has 0 heterocycles. The largest absolute Gasteiger partial charge is 0.402 e. The first-order valence-electron chi connectivity index (χ1n) is 3.62. The fourth-order valence-corrected chi connectivity index (χ4v) is 0.262. The van der Waals surface area contributed by atoms with Gasteiger partial charge in [0.05, 0.1) is 0 Å². The van der Waals surface area contributed by atoms with E-state index < -0.39 is 0 Å². The fraction of sp³-hybridized carbons (Fsp3) is 0.750. The monoisotopic (exact) mass is 180 g/mol. The Morgan fingerprint density at radius 1 is 1.50 bits per heavy atom. The fourth-order valence-electron chi connectivity index (χ4n) is 0.262. The van der Waals surface area contributed by atoms with Crippen LogP contribution in [0.15, 0.2) is 12.3 Å². The molecule has 0 aromatic carbocycles. The summed E-state index contributed by atoms with van der Waals surface area (Å²) in [7, 11) is 0. The van der Waals surface area contributed by atoms with Gasteiger partial charge >= 0.3 is 0 Å². The Kier molecular flexibility index (Phi) is 19.7. The molecule has 0 spiro atoms. The number of hydrogen-bond acceptors (Lipinski definition) is 1. The molecule has 0 aliphatic carbocycles. The molecule has 0 aliphatic heterocycles. The van der Waals surface area contributed by atoms with Crippen LogP contribution in [-0.2, 0) is 18.6 Å². The van der Waals surface area contributed by atoms with Crippen LogP contribution in [0.5, 0.6) is 0 Å². The summed E-state index contributed by atoms with van der Waals surface area (Å²) in [6, 6.07) is 0. The first kappa shape index (κ1) is 16.6. The van der Waals surface area contributed by atoms with E-state index in [9.17, 15) is 0 Å². The van der Waals surface area contributed by atoms with Gasteiger partial charge in [-0.3, -0.25) is 0 Å². The zero-order chi connectivity index (χ0) is 7.86. The van der Waals surface area contributed by atoms with Crippen molar-refractivity contribution in [2.24, 2.45) is 11.7 Å². The maximum atomic E-state index is 5.35. The molecule has 0 bridgehead atoms. The molecule has 1 atom stereocenters. The Morgan fingerprint density at radius 2 is 1.80 bits per heavy atom. The molecular weight excluding hydrogens is 161 g/mol. The molecule has 0 aromatic rings. The summed E-state index contributed by atoms with van der Waals surface area (Å²) in [5.41, 5.74) is 6.15. The van der Waals surface area contributed by atoms with E-state index in [-0.39, 0.29) is 18.6 Å². The zero-order valence-corrected chi connectivity index (χ0v) is 8.91. The molecule has 61 valence electrons. The van der Waals surface area contributed by atoms with Gasteiger partial charge in [0.15, 0.2) is 0 Å². The third-order valence-electron chi connectivity index (χ3n) is 1.25. The predicted octanol–water partition coefficient (Wildman–Crippen LogP) is 2.53. The van der Waals surface area contributed by atoms with E-state index >= 15 is 0 Å². The topological polar surface area (TPSA) is 26.0 Å². The molecule has 10 heavy (non-hydrogen) atoms. The number of rotatable bonds is 2. The number of allylic oxidation sites excluding steroid dienone is 1. The second kappa shape index (κ2) is 11.9. The normalized spacial score (nSPS) is 10.0. The second-order valence-corrected chi connectivity index (χ2v) is 1.88. The van der Waals surface area contributed by atoms with Gasteiger partial charge in [-0.2, -0.15) is 0 Å². The molecule has 1 radical (unpaired) electrons. The van der Waals surface area contributed by atoms with Crippen LogP contribution < -0.4 is 5.73 Å². The first-order valence-corrected chi connectivity index (χ1v) is 3.62. The average molecular weight is 180 g/mol. The molecule has 2 N–H and O–H groups in total. The van der Waals surface area contributed by atoms with Crippen LogP contribution >= 0.6 is 0 Å². The third kappa shape index (κ3) is 11.0. The van der Waals surface area contributed by atoms with Crippen molar-refractivity contribution >= 4 is 0 Å². The number of nitrogens with two attached hydrogens (primary N) is 1. The van der Waals surface area contributed by atoms with Gasteiger partial charge in [-0.15, -0.1) is 0 Å². The molecule has 0 aromatic heterocycles. The molecule has 0 rings (SSSR count). The van der Waals surface area contributed by atoms with Gasteiger partial charge in [0.25, 0.3) is 0 Å². The molecule has 0 saturated carbocycles. The van der Waals surface area contributed by atoms with E-state index in [4.69, 9.17) is 5.73 Å². The van der Waals surface area contributed by atoms with Crippen LogP contribution in [0.2, 0.25) is 0 Å². The Labute approximate surface area is 77.0 Å². The molecule has 0 fully saturated rings. The average Bonchev–Trinajstić information content (AvgIpc) is 1.91. The van der Waals surface area contributed by atoms with Gasteiger partial charge in [0.2, 0.25) is 0 Å². The minimum atomic E-state index is 0.